The van der Waals surface area contributed by atoms with Gasteiger partial charge in [-0.2, -0.15) is 0 Å². The normalized spacial score (nSPS) is 15.1. The lowest BCUT2D eigenvalue weighted by Gasteiger charge is -2.26. The zero-order valence-electron chi connectivity index (χ0n) is 19.6. The summed E-state index contributed by atoms with van der Waals surface area (Å²) in [6.45, 7) is 11.2. The number of carbonyl (C=O) groups excluding carboxylic acids is 1. The second kappa shape index (κ2) is 10.7. The molecule has 3 aromatic rings. The van der Waals surface area contributed by atoms with Crippen LogP contribution in [0.3, 0.4) is 0 Å². The highest BCUT2D eigenvalue weighted by Crippen LogP contribution is 2.40. The smallest absolute Gasteiger partial charge is 0.244 e. The van der Waals surface area contributed by atoms with Gasteiger partial charge in [0, 0.05) is 54.3 Å². The first-order chi connectivity index (χ1) is 16.1. The van der Waals surface area contributed by atoms with E-state index in [0.29, 0.717) is 13.2 Å². The van der Waals surface area contributed by atoms with Crippen LogP contribution in [-0.4, -0.2) is 56.8 Å². The lowest BCUT2D eigenvalue weighted by Crippen LogP contribution is -2.41. The molecular weight excluding hydrogens is 416 g/mol. The second-order valence-corrected chi connectivity index (χ2v) is 8.28. The van der Waals surface area contributed by atoms with Crippen molar-refractivity contribution in [2.75, 3.05) is 46.0 Å². The number of hydrogen-bond donors (Lipinski definition) is 1. The molecule has 6 heteroatoms. The number of rotatable bonds is 8. The van der Waals surface area contributed by atoms with E-state index in [4.69, 9.17) is 13.9 Å². The van der Waals surface area contributed by atoms with Crippen LogP contribution in [-0.2, 0) is 9.53 Å². The van der Waals surface area contributed by atoms with E-state index in [0.717, 1.165) is 77.4 Å². The van der Waals surface area contributed by atoms with Crippen molar-refractivity contribution in [1.82, 2.24) is 10.2 Å². The number of fused-ring (bicyclic) bond motifs is 1. The largest absolute Gasteiger partial charge is 0.493 e. The topological polar surface area (TPSA) is 63.9 Å². The lowest BCUT2D eigenvalue weighted by molar-refractivity contribution is -0.116. The number of aryl methyl sites for hydroxylation is 1. The Balaban J connectivity index is 1.60. The van der Waals surface area contributed by atoms with Gasteiger partial charge in [-0.1, -0.05) is 30.3 Å². The summed E-state index contributed by atoms with van der Waals surface area (Å²) in [6, 6.07) is 12.2. The SMILES string of the molecule is CCOc1c(/C(C)=C/C(=O)NCCN2CCOCC2)cc2c(-c3ccccc3)coc2c1C. The number of morpholine rings is 1. The minimum Gasteiger partial charge on any atom is -0.493 e. The van der Waals surface area contributed by atoms with E-state index in [9.17, 15) is 4.79 Å². The third-order valence-electron chi connectivity index (χ3n) is 6.02. The number of allylic oxidation sites excluding steroid dienone is 1. The van der Waals surface area contributed by atoms with E-state index < -0.39 is 0 Å². The number of nitrogens with one attached hydrogen (secondary N) is 1. The molecule has 0 aliphatic carbocycles. The van der Waals surface area contributed by atoms with Crippen molar-refractivity contribution < 1.29 is 18.7 Å². The number of carbonyl (C=O) groups is 1. The van der Waals surface area contributed by atoms with Gasteiger partial charge in [-0.3, -0.25) is 9.69 Å². The van der Waals surface area contributed by atoms with Crippen LogP contribution in [0, 0.1) is 6.92 Å². The molecule has 1 aromatic heterocycles. The Hall–Kier alpha value is -3.09. The summed E-state index contributed by atoms with van der Waals surface area (Å²) in [5.41, 5.74) is 5.63. The van der Waals surface area contributed by atoms with Crippen LogP contribution in [0.2, 0.25) is 0 Å². The first-order valence-corrected chi connectivity index (χ1v) is 11.6. The number of furan rings is 1. The molecule has 33 heavy (non-hydrogen) atoms. The van der Waals surface area contributed by atoms with Crippen molar-refractivity contribution in [2.45, 2.75) is 20.8 Å². The molecule has 1 fully saturated rings. The highest BCUT2D eigenvalue weighted by atomic mass is 16.5. The summed E-state index contributed by atoms with van der Waals surface area (Å²) in [4.78, 5) is 14.9. The zero-order chi connectivity index (χ0) is 23.2. The van der Waals surface area contributed by atoms with Gasteiger partial charge in [0.1, 0.15) is 11.3 Å². The van der Waals surface area contributed by atoms with Crippen LogP contribution in [0.5, 0.6) is 5.75 Å². The molecule has 0 bridgehead atoms. The van der Waals surface area contributed by atoms with Crippen molar-refractivity contribution in [3.63, 3.8) is 0 Å². The standard InChI is InChI=1S/C27H32N2O4/c1-4-32-26-20(3)27-23(24(18-33-27)21-8-6-5-7-9-21)17-22(26)19(2)16-25(30)28-10-11-29-12-14-31-15-13-29/h5-9,16-18H,4,10-15H2,1-3H3,(H,28,30)/b19-16+. The Morgan fingerprint density at radius 1 is 1.21 bits per heavy atom. The number of nitrogens with zero attached hydrogens (tertiary/aromatic N) is 1. The Labute approximate surface area is 195 Å². The fourth-order valence-electron chi connectivity index (χ4n) is 4.27. The molecule has 1 amide bonds. The zero-order valence-corrected chi connectivity index (χ0v) is 19.6. The summed E-state index contributed by atoms with van der Waals surface area (Å²) in [5, 5.41) is 4.02. The molecule has 0 saturated carbocycles. The monoisotopic (exact) mass is 448 g/mol. The predicted octanol–water partition coefficient (Wildman–Crippen LogP) is 4.66. The maximum atomic E-state index is 12.6. The molecule has 1 aliphatic heterocycles. The van der Waals surface area contributed by atoms with Gasteiger partial charge in [0.15, 0.2) is 0 Å². The van der Waals surface area contributed by atoms with E-state index in [1.165, 1.54) is 0 Å². The predicted molar refractivity (Wildman–Crippen MR) is 131 cm³/mol. The van der Waals surface area contributed by atoms with Crippen LogP contribution in [0.15, 0.2) is 53.2 Å². The van der Waals surface area contributed by atoms with Crippen LogP contribution < -0.4 is 10.1 Å². The third kappa shape index (κ3) is 5.29. The van der Waals surface area contributed by atoms with Gasteiger partial charge in [-0.15, -0.1) is 0 Å². The summed E-state index contributed by atoms with van der Waals surface area (Å²) >= 11 is 0. The Morgan fingerprint density at radius 3 is 2.70 bits per heavy atom. The fraction of sp³-hybridized carbons (Fsp3) is 0.370. The summed E-state index contributed by atoms with van der Waals surface area (Å²) < 4.78 is 17.3. The molecule has 6 nitrogen and oxygen atoms in total. The van der Waals surface area contributed by atoms with Crippen LogP contribution in [0.1, 0.15) is 25.0 Å². The number of ether oxygens (including phenoxy) is 2. The number of amides is 1. The summed E-state index contributed by atoms with van der Waals surface area (Å²) in [7, 11) is 0. The number of hydrogen-bond acceptors (Lipinski definition) is 5. The molecule has 0 atom stereocenters. The fourth-order valence-corrected chi connectivity index (χ4v) is 4.27. The van der Waals surface area contributed by atoms with Gasteiger partial charge in [-0.05, 0) is 38.0 Å². The molecular formula is C27H32N2O4. The molecule has 174 valence electrons. The number of benzene rings is 2. The van der Waals surface area contributed by atoms with Crippen molar-refractivity contribution in [3.8, 4) is 16.9 Å². The Bertz CT molecular complexity index is 1130. The van der Waals surface area contributed by atoms with Crippen LogP contribution >= 0.6 is 0 Å². The molecule has 2 aromatic carbocycles. The van der Waals surface area contributed by atoms with Crippen LogP contribution in [0.25, 0.3) is 27.7 Å². The first kappa shape index (κ1) is 23.1. The van der Waals surface area contributed by atoms with E-state index in [-0.39, 0.29) is 5.91 Å². The van der Waals surface area contributed by atoms with Crippen molar-refractivity contribution in [3.05, 3.63) is 59.9 Å². The molecule has 1 saturated heterocycles. The summed E-state index contributed by atoms with van der Waals surface area (Å²) in [5.74, 6) is 0.658. The van der Waals surface area contributed by atoms with Crippen molar-refractivity contribution >= 4 is 22.4 Å². The van der Waals surface area contributed by atoms with Gasteiger partial charge >= 0.3 is 0 Å². The quantitative estimate of drug-likeness (QED) is 0.508. The second-order valence-electron chi connectivity index (χ2n) is 8.28. The molecule has 1 N–H and O–H groups in total. The lowest BCUT2D eigenvalue weighted by atomic mass is 9.96. The van der Waals surface area contributed by atoms with Gasteiger partial charge in [0.05, 0.1) is 26.1 Å². The molecule has 0 unspecified atom stereocenters. The first-order valence-electron chi connectivity index (χ1n) is 11.6. The third-order valence-corrected chi connectivity index (χ3v) is 6.02. The van der Waals surface area contributed by atoms with Gasteiger partial charge in [0.25, 0.3) is 0 Å². The minimum absolute atomic E-state index is 0.101. The molecule has 0 spiro atoms. The maximum absolute atomic E-state index is 12.6. The summed E-state index contributed by atoms with van der Waals surface area (Å²) in [6.07, 6.45) is 3.45. The Morgan fingerprint density at radius 2 is 1.97 bits per heavy atom. The van der Waals surface area contributed by atoms with Gasteiger partial charge in [-0.25, -0.2) is 0 Å². The highest BCUT2D eigenvalue weighted by molar-refractivity contribution is 6.01. The molecule has 4 rings (SSSR count). The van der Waals surface area contributed by atoms with Gasteiger partial charge < -0.3 is 19.2 Å². The van der Waals surface area contributed by atoms with E-state index in [1.54, 1.807) is 12.3 Å². The Kier molecular flexibility index (Phi) is 7.47. The van der Waals surface area contributed by atoms with Crippen LogP contribution in [0.4, 0.5) is 0 Å². The highest BCUT2D eigenvalue weighted by Gasteiger charge is 2.19. The van der Waals surface area contributed by atoms with Gasteiger partial charge in [0.2, 0.25) is 5.91 Å². The van der Waals surface area contributed by atoms with Crippen molar-refractivity contribution in [2.24, 2.45) is 0 Å². The van der Waals surface area contributed by atoms with E-state index in [1.807, 2.05) is 39.0 Å². The minimum atomic E-state index is -0.101. The van der Waals surface area contributed by atoms with E-state index >= 15 is 0 Å². The van der Waals surface area contributed by atoms with E-state index in [2.05, 4.69) is 28.4 Å². The maximum Gasteiger partial charge on any atom is 0.244 e. The van der Waals surface area contributed by atoms with Crippen molar-refractivity contribution in [1.29, 1.82) is 0 Å². The molecule has 0 radical (unpaired) electrons. The molecule has 1 aliphatic rings. The molecule has 2 heterocycles. The average molecular weight is 449 g/mol. The average Bonchev–Trinajstić information content (AvgIpc) is 3.26.